The molecular weight excluding hydrogens is 340 g/mol. The van der Waals surface area contributed by atoms with Gasteiger partial charge in [-0.2, -0.15) is 0 Å². The Balaban J connectivity index is 2.41. The van der Waals surface area contributed by atoms with Crippen LogP contribution in [0.4, 0.5) is 8.78 Å². The average molecular weight is 356 g/mol. The monoisotopic (exact) mass is 355 g/mol. The Kier molecular flexibility index (Phi) is 5.31. The summed E-state index contributed by atoms with van der Waals surface area (Å²) in [6.45, 7) is 2.49. The van der Waals surface area contributed by atoms with Crippen LogP contribution in [0.15, 0.2) is 40.9 Å². The Morgan fingerprint density at radius 3 is 2.43 bits per heavy atom. The Labute approximate surface area is 131 Å². The Morgan fingerprint density at radius 1 is 1.14 bits per heavy atom. The molecule has 0 bridgehead atoms. The van der Waals surface area contributed by atoms with Crippen molar-refractivity contribution in [1.82, 2.24) is 5.32 Å². The molecule has 0 aliphatic carbocycles. The van der Waals surface area contributed by atoms with Crippen molar-refractivity contribution < 1.29 is 13.5 Å². The number of ether oxygens (including phenoxy) is 1. The molecule has 112 valence electrons. The quantitative estimate of drug-likeness (QED) is 0.856. The molecule has 5 heteroatoms. The summed E-state index contributed by atoms with van der Waals surface area (Å²) < 4.78 is 33.3. The van der Waals surface area contributed by atoms with E-state index in [0.717, 1.165) is 21.9 Å². The molecule has 0 saturated carbocycles. The highest BCUT2D eigenvalue weighted by Crippen LogP contribution is 2.32. The number of hydrogen-bond donors (Lipinski definition) is 1. The lowest BCUT2D eigenvalue weighted by Crippen LogP contribution is -2.19. The van der Waals surface area contributed by atoms with E-state index in [9.17, 15) is 8.78 Å². The van der Waals surface area contributed by atoms with Crippen LogP contribution in [0.2, 0.25) is 0 Å². The van der Waals surface area contributed by atoms with Crippen molar-refractivity contribution >= 4 is 15.9 Å². The van der Waals surface area contributed by atoms with Crippen LogP contribution >= 0.6 is 15.9 Å². The third kappa shape index (κ3) is 3.60. The van der Waals surface area contributed by atoms with Crippen molar-refractivity contribution in [3.8, 4) is 5.75 Å². The minimum atomic E-state index is -0.586. The fourth-order valence-corrected chi connectivity index (χ4v) is 2.80. The highest BCUT2D eigenvalue weighted by Gasteiger charge is 2.19. The lowest BCUT2D eigenvalue weighted by molar-refractivity contribution is 0.340. The van der Waals surface area contributed by atoms with Crippen LogP contribution in [-0.4, -0.2) is 13.7 Å². The average Bonchev–Trinajstić information content (AvgIpc) is 2.44. The highest BCUT2D eigenvalue weighted by molar-refractivity contribution is 9.10. The van der Waals surface area contributed by atoms with Gasteiger partial charge in [-0.15, -0.1) is 0 Å². The van der Waals surface area contributed by atoms with E-state index in [1.54, 1.807) is 7.05 Å². The topological polar surface area (TPSA) is 21.3 Å². The van der Waals surface area contributed by atoms with Gasteiger partial charge in [0.15, 0.2) is 0 Å². The second-order valence-electron chi connectivity index (χ2n) is 4.50. The molecule has 2 rings (SSSR count). The summed E-state index contributed by atoms with van der Waals surface area (Å²) in [6, 6.07) is 8.75. The molecule has 1 unspecified atom stereocenters. The number of nitrogens with one attached hydrogen (secondary N) is 1. The largest absolute Gasteiger partial charge is 0.494 e. The van der Waals surface area contributed by atoms with E-state index in [-0.39, 0.29) is 6.04 Å². The van der Waals surface area contributed by atoms with Crippen LogP contribution in [0.25, 0.3) is 0 Å². The van der Waals surface area contributed by atoms with Gasteiger partial charge in [-0.25, -0.2) is 8.78 Å². The van der Waals surface area contributed by atoms with Gasteiger partial charge in [-0.1, -0.05) is 28.1 Å². The van der Waals surface area contributed by atoms with Crippen molar-refractivity contribution in [2.24, 2.45) is 0 Å². The van der Waals surface area contributed by atoms with Crippen molar-refractivity contribution in [3.63, 3.8) is 0 Å². The predicted molar refractivity (Wildman–Crippen MR) is 82.6 cm³/mol. The summed E-state index contributed by atoms with van der Waals surface area (Å²) in [5, 5.41) is 3.05. The maximum atomic E-state index is 14.0. The summed E-state index contributed by atoms with van der Waals surface area (Å²) in [7, 11) is 1.73. The van der Waals surface area contributed by atoms with E-state index in [2.05, 4.69) is 21.2 Å². The molecule has 0 fully saturated rings. The fraction of sp³-hybridized carbons (Fsp3) is 0.250. The first-order chi connectivity index (χ1) is 10.1. The first kappa shape index (κ1) is 15.9. The Bertz CT molecular complexity index is 634. The van der Waals surface area contributed by atoms with Crippen LogP contribution in [0.5, 0.6) is 5.75 Å². The van der Waals surface area contributed by atoms with Gasteiger partial charge in [-0.3, -0.25) is 0 Å². The lowest BCUT2D eigenvalue weighted by atomic mass is 9.98. The van der Waals surface area contributed by atoms with Gasteiger partial charge in [0.25, 0.3) is 0 Å². The molecule has 21 heavy (non-hydrogen) atoms. The standard InChI is InChI=1S/C16H16BrF2NO/c1-3-21-11-5-7-12(14(17)9-11)16(20-2)13-6-4-10(18)8-15(13)19/h4-9,16,20H,3H2,1-2H3. The van der Waals surface area contributed by atoms with Gasteiger partial charge in [0.1, 0.15) is 17.4 Å². The maximum absolute atomic E-state index is 14.0. The zero-order valence-electron chi connectivity index (χ0n) is 11.8. The third-order valence-corrected chi connectivity index (χ3v) is 3.84. The molecule has 0 radical (unpaired) electrons. The van der Waals surface area contributed by atoms with Crippen molar-refractivity contribution in [1.29, 1.82) is 0 Å². The third-order valence-electron chi connectivity index (χ3n) is 3.16. The molecule has 2 aromatic rings. The van der Waals surface area contributed by atoms with Crippen LogP contribution in [0.1, 0.15) is 24.1 Å². The first-order valence-electron chi connectivity index (χ1n) is 6.61. The van der Waals surface area contributed by atoms with E-state index in [4.69, 9.17) is 4.74 Å². The molecule has 2 nitrogen and oxygen atoms in total. The molecule has 0 spiro atoms. The molecule has 0 amide bonds. The summed E-state index contributed by atoms with van der Waals surface area (Å²) in [5.74, 6) is -0.422. The van der Waals surface area contributed by atoms with Gasteiger partial charge in [0.2, 0.25) is 0 Å². The molecule has 0 aromatic heterocycles. The van der Waals surface area contributed by atoms with Crippen LogP contribution in [-0.2, 0) is 0 Å². The molecule has 0 aliphatic heterocycles. The van der Waals surface area contributed by atoms with E-state index < -0.39 is 11.6 Å². The zero-order valence-corrected chi connectivity index (χ0v) is 13.4. The molecule has 0 saturated heterocycles. The Morgan fingerprint density at radius 2 is 1.86 bits per heavy atom. The summed E-state index contributed by atoms with van der Waals surface area (Å²) in [6.07, 6.45) is 0. The van der Waals surface area contributed by atoms with Crippen molar-refractivity contribution in [2.45, 2.75) is 13.0 Å². The summed E-state index contributed by atoms with van der Waals surface area (Å²) in [4.78, 5) is 0. The van der Waals surface area contributed by atoms with Crippen LogP contribution in [0.3, 0.4) is 0 Å². The predicted octanol–water partition coefficient (Wildman–Crippen LogP) is 4.43. The molecule has 1 atom stereocenters. The van der Waals surface area contributed by atoms with Gasteiger partial charge in [-0.05, 0) is 37.7 Å². The lowest BCUT2D eigenvalue weighted by Gasteiger charge is -2.20. The smallest absolute Gasteiger partial charge is 0.131 e. The molecule has 0 heterocycles. The second kappa shape index (κ2) is 7.00. The van der Waals surface area contributed by atoms with Crippen LogP contribution in [0, 0.1) is 11.6 Å². The van der Waals surface area contributed by atoms with Crippen molar-refractivity contribution in [2.75, 3.05) is 13.7 Å². The number of benzene rings is 2. The van der Waals surface area contributed by atoms with E-state index in [1.807, 2.05) is 25.1 Å². The van der Waals surface area contributed by atoms with Crippen LogP contribution < -0.4 is 10.1 Å². The maximum Gasteiger partial charge on any atom is 0.131 e. The molecular formula is C16H16BrF2NO. The number of halogens is 3. The zero-order chi connectivity index (χ0) is 15.4. The molecule has 0 aliphatic rings. The van der Waals surface area contributed by atoms with Gasteiger partial charge < -0.3 is 10.1 Å². The summed E-state index contributed by atoms with van der Waals surface area (Å²) >= 11 is 3.48. The normalized spacial score (nSPS) is 12.2. The minimum absolute atomic E-state index is 0.379. The Hall–Kier alpha value is -1.46. The van der Waals surface area contributed by atoms with Crippen molar-refractivity contribution in [3.05, 3.63) is 63.6 Å². The van der Waals surface area contributed by atoms with E-state index in [0.29, 0.717) is 12.2 Å². The molecule has 1 N–H and O–H groups in total. The number of rotatable bonds is 5. The minimum Gasteiger partial charge on any atom is -0.494 e. The van der Waals surface area contributed by atoms with Gasteiger partial charge >= 0.3 is 0 Å². The highest BCUT2D eigenvalue weighted by atomic mass is 79.9. The van der Waals surface area contributed by atoms with Gasteiger partial charge in [0.05, 0.1) is 12.6 Å². The van der Waals surface area contributed by atoms with Gasteiger partial charge in [0, 0.05) is 16.1 Å². The fourth-order valence-electron chi connectivity index (χ4n) is 2.21. The first-order valence-corrected chi connectivity index (χ1v) is 7.40. The number of hydrogen-bond acceptors (Lipinski definition) is 2. The second-order valence-corrected chi connectivity index (χ2v) is 5.36. The summed E-state index contributed by atoms with van der Waals surface area (Å²) in [5.41, 5.74) is 1.25. The molecule has 2 aromatic carbocycles. The van der Waals surface area contributed by atoms with E-state index in [1.165, 1.54) is 12.1 Å². The van der Waals surface area contributed by atoms with E-state index >= 15 is 0 Å². The SMILES string of the molecule is CCOc1ccc(C(NC)c2ccc(F)cc2F)c(Br)c1.